The van der Waals surface area contributed by atoms with Crippen molar-refractivity contribution in [2.45, 2.75) is 12.0 Å². The van der Waals surface area contributed by atoms with Gasteiger partial charge in [0.2, 0.25) is 0 Å². The van der Waals surface area contributed by atoms with E-state index in [9.17, 15) is 5.26 Å². The van der Waals surface area contributed by atoms with E-state index in [1.165, 1.54) is 0 Å². The Hall–Kier alpha value is -1.41. The highest BCUT2D eigenvalue weighted by Gasteiger charge is 2.26. The van der Waals surface area contributed by atoms with Gasteiger partial charge in [-0.2, -0.15) is 5.26 Å². The number of nitrogens with two attached hydrogens (primary N) is 1. The first-order valence-corrected chi connectivity index (χ1v) is 6.81. The van der Waals surface area contributed by atoms with E-state index in [0.29, 0.717) is 12.6 Å². The van der Waals surface area contributed by atoms with Crippen LogP contribution in [0, 0.1) is 11.3 Å². The molecule has 0 aliphatic carbocycles. The molecule has 1 aliphatic heterocycles. The van der Waals surface area contributed by atoms with Crippen molar-refractivity contribution in [3.05, 3.63) is 35.9 Å². The van der Waals surface area contributed by atoms with Gasteiger partial charge < -0.3 is 10.6 Å². The van der Waals surface area contributed by atoms with E-state index in [0.717, 1.165) is 31.7 Å². The molecule has 1 aromatic carbocycles. The molecule has 0 radical (unpaired) electrons. The summed E-state index contributed by atoms with van der Waals surface area (Å²) in [6.45, 7) is 4.45. The van der Waals surface area contributed by atoms with Gasteiger partial charge >= 0.3 is 0 Å². The third-order valence-electron chi connectivity index (χ3n) is 3.85. The average Bonchev–Trinajstić information content (AvgIpc) is 2.46. The van der Waals surface area contributed by atoms with Gasteiger partial charge in [0.25, 0.3) is 0 Å². The molecule has 0 aromatic heterocycles. The summed E-state index contributed by atoms with van der Waals surface area (Å²) in [5.41, 5.74) is 6.96. The van der Waals surface area contributed by atoms with Gasteiger partial charge in [-0.25, -0.2) is 0 Å². The number of benzene rings is 1. The number of hydrogen-bond acceptors (Lipinski definition) is 4. The van der Waals surface area contributed by atoms with Crippen molar-refractivity contribution >= 4 is 0 Å². The van der Waals surface area contributed by atoms with Crippen molar-refractivity contribution in [2.24, 2.45) is 5.73 Å². The Bertz CT molecular complexity index is 426. The van der Waals surface area contributed by atoms with Crippen LogP contribution < -0.4 is 5.73 Å². The Morgan fingerprint density at radius 1 is 1.37 bits per heavy atom. The summed E-state index contributed by atoms with van der Waals surface area (Å²) in [7, 11) is 2.12. The van der Waals surface area contributed by atoms with Crippen LogP contribution in [0.3, 0.4) is 0 Å². The van der Waals surface area contributed by atoms with Crippen LogP contribution in [0.1, 0.15) is 11.5 Å². The Kier molecular flexibility index (Phi) is 4.92. The van der Waals surface area contributed by atoms with Gasteiger partial charge in [0.05, 0.1) is 12.0 Å². The maximum absolute atomic E-state index is 9.40. The van der Waals surface area contributed by atoms with E-state index < -0.39 is 0 Å². The Morgan fingerprint density at radius 2 is 2.11 bits per heavy atom. The molecule has 1 fully saturated rings. The minimum absolute atomic E-state index is 0.0707. The molecule has 4 heteroatoms. The first-order valence-electron chi connectivity index (χ1n) is 6.81. The van der Waals surface area contributed by atoms with E-state index in [1.807, 2.05) is 30.3 Å². The van der Waals surface area contributed by atoms with Crippen molar-refractivity contribution in [3.8, 4) is 6.07 Å². The molecule has 4 nitrogen and oxygen atoms in total. The van der Waals surface area contributed by atoms with Crippen LogP contribution in [0.25, 0.3) is 0 Å². The van der Waals surface area contributed by atoms with Gasteiger partial charge in [0.1, 0.15) is 0 Å². The molecule has 0 amide bonds. The van der Waals surface area contributed by atoms with E-state index >= 15 is 0 Å². The minimum Gasteiger partial charge on any atom is -0.329 e. The van der Waals surface area contributed by atoms with Crippen LogP contribution in [-0.2, 0) is 0 Å². The summed E-state index contributed by atoms with van der Waals surface area (Å²) in [6.07, 6.45) is 0. The lowest BCUT2D eigenvalue weighted by Crippen LogP contribution is -2.55. The zero-order valence-corrected chi connectivity index (χ0v) is 11.5. The molecule has 1 aromatic rings. The lowest BCUT2D eigenvalue weighted by Gasteiger charge is -2.40. The number of likely N-dealkylation sites (N-methyl/N-ethyl adjacent to an activating group) is 1. The third kappa shape index (κ3) is 3.54. The summed E-state index contributed by atoms with van der Waals surface area (Å²) in [6, 6.07) is 12.8. The SMILES string of the molecule is CN1CCN(CC(C#N)c2ccccc2)C(CN)C1. The minimum atomic E-state index is -0.0707. The van der Waals surface area contributed by atoms with Crippen LogP contribution in [0.4, 0.5) is 0 Å². The van der Waals surface area contributed by atoms with Crippen molar-refractivity contribution in [1.82, 2.24) is 9.80 Å². The molecule has 2 N–H and O–H groups in total. The van der Waals surface area contributed by atoms with Crippen LogP contribution in [0.2, 0.25) is 0 Å². The summed E-state index contributed by atoms with van der Waals surface area (Å²) < 4.78 is 0. The van der Waals surface area contributed by atoms with Crippen molar-refractivity contribution in [1.29, 1.82) is 5.26 Å². The summed E-state index contributed by atoms with van der Waals surface area (Å²) in [4.78, 5) is 4.67. The van der Waals surface area contributed by atoms with Crippen molar-refractivity contribution in [2.75, 3.05) is 39.8 Å². The monoisotopic (exact) mass is 258 g/mol. The molecule has 0 bridgehead atoms. The molecule has 2 atom stereocenters. The van der Waals surface area contributed by atoms with Gasteiger partial charge in [-0.05, 0) is 12.6 Å². The highest BCUT2D eigenvalue weighted by Crippen LogP contribution is 2.18. The highest BCUT2D eigenvalue weighted by atomic mass is 15.3. The standard InChI is InChI=1S/C15H22N4/c1-18-7-8-19(15(10-17)12-18)11-14(9-16)13-5-3-2-4-6-13/h2-6,14-15H,7-8,10-12,17H2,1H3. The van der Waals surface area contributed by atoms with Gasteiger partial charge in [0, 0.05) is 38.8 Å². The largest absolute Gasteiger partial charge is 0.329 e. The van der Waals surface area contributed by atoms with Crippen molar-refractivity contribution in [3.63, 3.8) is 0 Å². The molecule has 0 saturated carbocycles. The van der Waals surface area contributed by atoms with Gasteiger partial charge in [-0.15, -0.1) is 0 Å². The predicted molar refractivity (Wildman–Crippen MR) is 76.7 cm³/mol. The predicted octanol–water partition coefficient (Wildman–Crippen LogP) is 0.868. The highest BCUT2D eigenvalue weighted by molar-refractivity contribution is 5.25. The molecule has 1 aliphatic rings. The number of piperazine rings is 1. The Balaban J connectivity index is 2.04. The molecule has 2 unspecified atom stereocenters. The van der Waals surface area contributed by atoms with E-state index in [2.05, 4.69) is 22.9 Å². The second-order valence-electron chi connectivity index (χ2n) is 5.24. The maximum Gasteiger partial charge on any atom is 0.0839 e. The molecular formula is C15H22N4. The molecule has 2 rings (SSSR count). The first-order chi connectivity index (χ1) is 9.24. The van der Waals surface area contributed by atoms with Crippen LogP contribution in [0.5, 0.6) is 0 Å². The summed E-state index contributed by atoms with van der Waals surface area (Å²) >= 11 is 0. The first kappa shape index (κ1) is 14.0. The number of rotatable bonds is 4. The second kappa shape index (κ2) is 6.67. The van der Waals surface area contributed by atoms with E-state index in [4.69, 9.17) is 5.73 Å². The van der Waals surface area contributed by atoms with Crippen LogP contribution in [0.15, 0.2) is 30.3 Å². The molecule has 1 heterocycles. The average molecular weight is 258 g/mol. The Morgan fingerprint density at radius 3 is 2.74 bits per heavy atom. The number of nitrogens with zero attached hydrogens (tertiary/aromatic N) is 3. The van der Waals surface area contributed by atoms with Crippen molar-refractivity contribution < 1.29 is 0 Å². The zero-order valence-electron chi connectivity index (χ0n) is 11.5. The summed E-state index contributed by atoms with van der Waals surface area (Å²) in [5, 5.41) is 9.40. The second-order valence-corrected chi connectivity index (χ2v) is 5.24. The van der Waals surface area contributed by atoms with Gasteiger partial charge in [-0.3, -0.25) is 4.90 Å². The molecule has 0 spiro atoms. The smallest absolute Gasteiger partial charge is 0.0839 e. The Labute approximate surface area is 115 Å². The van der Waals surface area contributed by atoms with Gasteiger partial charge in [-0.1, -0.05) is 30.3 Å². The quantitative estimate of drug-likeness (QED) is 0.870. The number of nitriles is 1. The lowest BCUT2D eigenvalue weighted by atomic mass is 9.98. The maximum atomic E-state index is 9.40. The fraction of sp³-hybridized carbons (Fsp3) is 0.533. The van der Waals surface area contributed by atoms with Gasteiger partial charge in [0.15, 0.2) is 0 Å². The molecule has 102 valence electrons. The lowest BCUT2D eigenvalue weighted by molar-refractivity contribution is 0.0926. The summed E-state index contributed by atoms with van der Waals surface area (Å²) in [5.74, 6) is -0.0707. The normalized spacial score (nSPS) is 22.9. The number of hydrogen-bond donors (Lipinski definition) is 1. The molecule has 19 heavy (non-hydrogen) atoms. The molecule has 1 saturated heterocycles. The molecular weight excluding hydrogens is 236 g/mol. The van der Waals surface area contributed by atoms with Crippen LogP contribution in [-0.4, -0.2) is 55.6 Å². The van der Waals surface area contributed by atoms with E-state index in [-0.39, 0.29) is 5.92 Å². The van der Waals surface area contributed by atoms with E-state index in [1.54, 1.807) is 0 Å². The fourth-order valence-electron chi connectivity index (χ4n) is 2.65. The fourth-order valence-corrected chi connectivity index (χ4v) is 2.65. The topological polar surface area (TPSA) is 56.3 Å². The third-order valence-corrected chi connectivity index (χ3v) is 3.85. The van der Waals surface area contributed by atoms with Crippen LogP contribution >= 0.6 is 0 Å². The zero-order chi connectivity index (χ0) is 13.7.